The van der Waals surface area contributed by atoms with E-state index in [4.69, 9.17) is 20.4 Å². The van der Waals surface area contributed by atoms with Crippen LogP contribution in [0.1, 0.15) is 0 Å². The molecule has 0 bridgehead atoms. The van der Waals surface area contributed by atoms with Gasteiger partial charge in [0.15, 0.2) is 12.5 Å². The van der Waals surface area contributed by atoms with E-state index in [9.17, 15) is 9.18 Å². The Balaban J connectivity index is 4.07. The Labute approximate surface area is 68.1 Å². The largest absolute Gasteiger partial charge is 0.394 e. The third-order valence-corrected chi connectivity index (χ3v) is 1.37. The van der Waals surface area contributed by atoms with E-state index >= 15 is 0 Å². The van der Waals surface area contributed by atoms with Gasteiger partial charge in [-0.3, -0.25) is 0 Å². The van der Waals surface area contributed by atoms with Crippen molar-refractivity contribution in [3.63, 3.8) is 0 Å². The van der Waals surface area contributed by atoms with Crippen LogP contribution in [0.2, 0.25) is 0 Å². The highest BCUT2D eigenvalue weighted by Gasteiger charge is 2.31. The van der Waals surface area contributed by atoms with E-state index in [1.807, 2.05) is 0 Å². The van der Waals surface area contributed by atoms with Gasteiger partial charge in [-0.1, -0.05) is 0 Å². The van der Waals surface area contributed by atoms with Crippen molar-refractivity contribution >= 4 is 6.29 Å². The number of aliphatic hydroxyl groups excluding tert-OH is 4. The summed E-state index contributed by atoms with van der Waals surface area (Å²) in [4.78, 5) is 9.84. The molecule has 0 spiro atoms. The fourth-order valence-electron chi connectivity index (χ4n) is 0.597. The molecule has 0 unspecified atom stereocenters. The van der Waals surface area contributed by atoms with Gasteiger partial charge in [-0.2, -0.15) is 0 Å². The second kappa shape index (κ2) is 5.15. The van der Waals surface area contributed by atoms with E-state index in [1.165, 1.54) is 0 Å². The fraction of sp³-hybridized carbons (Fsp3) is 0.833. The highest BCUT2D eigenvalue weighted by Crippen LogP contribution is 2.07. The Morgan fingerprint density at radius 3 is 2.17 bits per heavy atom. The Kier molecular flexibility index (Phi) is 4.91. The molecule has 12 heavy (non-hydrogen) atoms. The number of carbonyl (C=O) groups is 1. The summed E-state index contributed by atoms with van der Waals surface area (Å²) in [6, 6.07) is 0. The van der Waals surface area contributed by atoms with Gasteiger partial charge in [0.1, 0.15) is 18.3 Å². The number of rotatable bonds is 5. The van der Waals surface area contributed by atoms with Gasteiger partial charge < -0.3 is 25.2 Å². The van der Waals surface area contributed by atoms with Crippen molar-refractivity contribution in [2.24, 2.45) is 0 Å². The summed E-state index contributed by atoms with van der Waals surface area (Å²) in [5, 5.41) is 34.2. The lowest BCUT2D eigenvalue weighted by Gasteiger charge is -2.20. The topological polar surface area (TPSA) is 98.0 Å². The van der Waals surface area contributed by atoms with Gasteiger partial charge >= 0.3 is 0 Å². The molecular formula is C6H11FO5. The first-order valence-electron chi connectivity index (χ1n) is 3.29. The van der Waals surface area contributed by atoms with Crippen LogP contribution in [0, 0.1) is 0 Å². The molecule has 0 aromatic rings. The molecule has 0 aliphatic rings. The Morgan fingerprint density at radius 1 is 1.33 bits per heavy atom. The number of hydrogen-bond acceptors (Lipinski definition) is 5. The number of carbonyl (C=O) groups excluding carboxylic acids is 1. The molecule has 4 N–H and O–H groups in total. The summed E-state index contributed by atoms with van der Waals surface area (Å²) in [6.45, 7) is -0.885. The van der Waals surface area contributed by atoms with Gasteiger partial charge in [-0.15, -0.1) is 0 Å². The minimum absolute atomic E-state index is 0.0542. The van der Waals surface area contributed by atoms with Crippen LogP contribution in [-0.4, -0.2) is 57.8 Å². The van der Waals surface area contributed by atoms with Crippen LogP contribution in [0.25, 0.3) is 0 Å². The molecule has 72 valence electrons. The molecule has 0 radical (unpaired) electrons. The molecular weight excluding hydrogens is 171 g/mol. The molecule has 0 fully saturated rings. The number of alkyl halides is 1. The smallest absolute Gasteiger partial charge is 0.157 e. The van der Waals surface area contributed by atoms with Crippen LogP contribution in [0.5, 0.6) is 0 Å². The average molecular weight is 182 g/mol. The predicted octanol–water partition coefficient (Wildman–Crippen LogP) is -2.40. The summed E-state index contributed by atoms with van der Waals surface area (Å²) in [6.07, 6.45) is -7.99. The Bertz CT molecular complexity index is 142. The minimum Gasteiger partial charge on any atom is -0.394 e. The zero-order valence-electron chi connectivity index (χ0n) is 6.17. The molecule has 0 saturated carbocycles. The highest BCUT2D eigenvalue weighted by molar-refractivity contribution is 5.56. The molecule has 0 saturated heterocycles. The van der Waals surface area contributed by atoms with E-state index in [1.54, 1.807) is 0 Å². The number of halogens is 1. The van der Waals surface area contributed by atoms with Gasteiger partial charge in [0, 0.05) is 0 Å². The van der Waals surface area contributed by atoms with Crippen molar-refractivity contribution in [2.75, 3.05) is 6.61 Å². The molecule has 0 aromatic carbocycles. The molecule has 0 amide bonds. The van der Waals surface area contributed by atoms with E-state index in [0.717, 1.165) is 0 Å². The van der Waals surface area contributed by atoms with Crippen LogP contribution >= 0.6 is 0 Å². The van der Waals surface area contributed by atoms with Crippen LogP contribution in [0.4, 0.5) is 4.39 Å². The molecule has 0 aliphatic heterocycles. The van der Waals surface area contributed by atoms with Gasteiger partial charge in [0.2, 0.25) is 0 Å². The summed E-state index contributed by atoms with van der Waals surface area (Å²) in [7, 11) is 0. The maximum absolute atomic E-state index is 12.6. The zero-order valence-corrected chi connectivity index (χ0v) is 6.17. The summed E-state index contributed by atoms with van der Waals surface area (Å²) in [5.74, 6) is 0. The number of hydrogen-bond donors (Lipinski definition) is 4. The molecule has 5 nitrogen and oxygen atoms in total. The second-order valence-electron chi connectivity index (χ2n) is 2.31. The molecule has 0 heterocycles. The highest BCUT2D eigenvalue weighted by atomic mass is 19.1. The first-order chi connectivity index (χ1) is 5.54. The normalized spacial score (nSPS) is 21.1. The van der Waals surface area contributed by atoms with Gasteiger partial charge in [0.05, 0.1) is 6.61 Å². The number of aldehydes is 1. The van der Waals surface area contributed by atoms with Crippen molar-refractivity contribution in [1.82, 2.24) is 0 Å². The maximum Gasteiger partial charge on any atom is 0.157 e. The van der Waals surface area contributed by atoms with Crippen molar-refractivity contribution in [1.29, 1.82) is 0 Å². The predicted molar refractivity (Wildman–Crippen MR) is 36.1 cm³/mol. The molecule has 0 aromatic heterocycles. The van der Waals surface area contributed by atoms with Gasteiger partial charge in [0.25, 0.3) is 0 Å². The first kappa shape index (κ1) is 11.4. The lowest BCUT2D eigenvalue weighted by atomic mass is 10.1. The minimum atomic E-state index is -2.24. The van der Waals surface area contributed by atoms with E-state index in [2.05, 4.69) is 0 Å². The maximum atomic E-state index is 12.6. The second-order valence-corrected chi connectivity index (χ2v) is 2.31. The van der Waals surface area contributed by atoms with E-state index in [0.29, 0.717) is 0 Å². The quantitative estimate of drug-likeness (QED) is 0.355. The third kappa shape index (κ3) is 2.82. The molecule has 6 heteroatoms. The van der Waals surface area contributed by atoms with Crippen LogP contribution < -0.4 is 0 Å². The van der Waals surface area contributed by atoms with Crippen molar-refractivity contribution in [3.05, 3.63) is 0 Å². The van der Waals surface area contributed by atoms with Crippen molar-refractivity contribution < 1.29 is 29.6 Å². The van der Waals surface area contributed by atoms with E-state index in [-0.39, 0.29) is 6.29 Å². The molecule has 0 aliphatic carbocycles. The summed E-state index contributed by atoms with van der Waals surface area (Å²) in [5.41, 5.74) is 0. The van der Waals surface area contributed by atoms with Crippen LogP contribution in [-0.2, 0) is 4.79 Å². The average Bonchev–Trinajstić information content (AvgIpc) is 2.12. The van der Waals surface area contributed by atoms with Gasteiger partial charge in [-0.25, -0.2) is 4.39 Å². The monoisotopic (exact) mass is 182 g/mol. The Morgan fingerprint density at radius 2 is 1.83 bits per heavy atom. The lowest BCUT2D eigenvalue weighted by Crippen LogP contribution is -2.43. The van der Waals surface area contributed by atoms with Crippen LogP contribution in [0.15, 0.2) is 0 Å². The molecule has 0 rings (SSSR count). The third-order valence-electron chi connectivity index (χ3n) is 1.37. The zero-order chi connectivity index (χ0) is 9.72. The lowest BCUT2D eigenvalue weighted by molar-refractivity contribution is -0.127. The van der Waals surface area contributed by atoms with Crippen molar-refractivity contribution in [2.45, 2.75) is 24.5 Å². The fourth-order valence-corrected chi connectivity index (χ4v) is 0.597. The first-order valence-corrected chi connectivity index (χ1v) is 3.29. The molecule has 4 atom stereocenters. The van der Waals surface area contributed by atoms with E-state index < -0.39 is 31.1 Å². The summed E-state index contributed by atoms with van der Waals surface area (Å²) >= 11 is 0. The van der Waals surface area contributed by atoms with Gasteiger partial charge in [-0.05, 0) is 0 Å². The Hall–Kier alpha value is -0.560. The summed E-state index contributed by atoms with van der Waals surface area (Å²) < 4.78 is 12.6. The SMILES string of the molecule is O=C[C@@H](O)[C@@H](O)[C@H](F)[C@H](O)CO. The number of aliphatic hydroxyl groups is 4. The van der Waals surface area contributed by atoms with Crippen LogP contribution in [0.3, 0.4) is 0 Å². The standard InChI is InChI=1S/C6H11FO5/c7-5(3(10)1-8)6(12)4(11)2-9/h2-6,8,10-12H,1H2/t3-,4-,5-,6-/m1/s1. The van der Waals surface area contributed by atoms with Crippen molar-refractivity contribution in [3.8, 4) is 0 Å².